The van der Waals surface area contributed by atoms with Crippen molar-refractivity contribution < 1.29 is 18.4 Å². The summed E-state index contributed by atoms with van der Waals surface area (Å²) in [6.07, 6.45) is 4.47. The normalized spacial score (nSPS) is 11.7. The van der Waals surface area contributed by atoms with Gasteiger partial charge in [-0.2, -0.15) is 0 Å². The molecule has 1 N–H and O–H groups in total. The summed E-state index contributed by atoms with van der Waals surface area (Å²) in [5.41, 5.74) is 1.36. The molecule has 1 amide bonds. The Morgan fingerprint density at radius 3 is 2.29 bits per heavy atom. The topological polar surface area (TPSA) is 72.2 Å². The molecule has 0 bridgehead atoms. The smallest absolute Gasteiger partial charge is 0.296 e. The Morgan fingerprint density at radius 1 is 1.00 bits per heavy atom. The first-order valence-corrected chi connectivity index (χ1v) is 7.19. The van der Waals surface area contributed by atoms with Gasteiger partial charge in [0.15, 0.2) is 5.76 Å². The van der Waals surface area contributed by atoms with Crippen LogP contribution in [0.3, 0.4) is 0 Å². The van der Waals surface area contributed by atoms with Gasteiger partial charge in [-0.3, -0.25) is 14.6 Å². The van der Waals surface area contributed by atoms with Crippen LogP contribution in [0.15, 0.2) is 71.6 Å². The summed E-state index contributed by atoms with van der Waals surface area (Å²) in [7, 11) is 0. The van der Waals surface area contributed by atoms with Crippen molar-refractivity contribution in [1.29, 1.82) is 0 Å². The molecule has 0 saturated carbocycles. The third-order valence-corrected chi connectivity index (χ3v) is 3.47. The first kappa shape index (κ1) is 15.6. The van der Waals surface area contributed by atoms with E-state index in [1.807, 2.05) is 0 Å². The molecule has 0 aliphatic rings. The van der Waals surface area contributed by atoms with Gasteiger partial charge in [0, 0.05) is 12.4 Å². The standard InChI is InChI=1S/C18H13FN2O3/c19-14-5-3-12(4-6-14)16(13-7-9-20-10-8-13)21-18(23)17(22)15-2-1-11-24-15/h1-11,16H,(H,21,23)/t16-/m1/s1. The van der Waals surface area contributed by atoms with E-state index in [9.17, 15) is 14.0 Å². The molecule has 0 radical (unpaired) electrons. The number of nitrogens with one attached hydrogen (secondary N) is 1. The van der Waals surface area contributed by atoms with Crippen molar-refractivity contribution in [3.63, 3.8) is 0 Å². The Bertz CT molecular complexity index is 830. The van der Waals surface area contributed by atoms with Crippen LogP contribution in [-0.2, 0) is 4.79 Å². The molecule has 0 spiro atoms. The highest BCUT2D eigenvalue weighted by atomic mass is 19.1. The largest absolute Gasteiger partial charge is 0.461 e. The number of carbonyl (C=O) groups is 2. The van der Waals surface area contributed by atoms with Crippen LogP contribution < -0.4 is 5.32 Å². The van der Waals surface area contributed by atoms with Crippen molar-refractivity contribution in [3.05, 3.63) is 89.9 Å². The van der Waals surface area contributed by atoms with Gasteiger partial charge in [0.05, 0.1) is 12.3 Å². The van der Waals surface area contributed by atoms with Crippen LogP contribution in [0.4, 0.5) is 4.39 Å². The van der Waals surface area contributed by atoms with Gasteiger partial charge in [-0.05, 0) is 47.5 Å². The fourth-order valence-electron chi connectivity index (χ4n) is 2.29. The van der Waals surface area contributed by atoms with Gasteiger partial charge in [-0.25, -0.2) is 4.39 Å². The van der Waals surface area contributed by atoms with Crippen molar-refractivity contribution in [3.8, 4) is 0 Å². The van der Waals surface area contributed by atoms with E-state index in [1.165, 1.54) is 30.5 Å². The van der Waals surface area contributed by atoms with Crippen molar-refractivity contribution in [1.82, 2.24) is 10.3 Å². The Morgan fingerprint density at radius 2 is 1.67 bits per heavy atom. The molecule has 0 aliphatic carbocycles. The average molecular weight is 324 g/mol. The molecular formula is C18H13FN2O3. The highest BCUT2D eigenvalue weighted by molar-refractivity contribution is 6.42. The lowest BCUT2D eigenvalue weighted by Crippen LogP contribution is -2.34. The number of hydrogen-bond donors (Lipinski definition) is 1. The van der Waals surface area contributed by atoms with E-state index >= 15 is 0 Å². The number of ketones is 1. The molecule has 0 fully saturated rings. The summed E-state index contributed by atoms with van der Waals surface area (Å²) >= 11 is 0. The predicted octanol–water partition coefficient (Wildman–Crippen LogP) is 2.90. The van der Waals surface area contributed by atoms with E-state index < -0.39 is 17.7 Å². The molecule has 6 heteroatoms. The Kier molecular flexibility index (Phi) is 4.47. The van der Waals surface area contributed by atoms with E-state index in [0.29, 0.717) is 5.56 Å². The predicted molar refractivity (Wildman–Crippen MR) is 83.7 cm³/mol. The van der Waals surface area contributed by atoms with Crippen molar-refractivity contribution in [2.75, 3.05) is 0 Å². The fraction of sp³-hybridized carbons (Fsp3) is 0.0556. The van der Waals surface area contributed by atoms with Crippen molar-refractivity contribution in [2.24, 2.45) is 0 Å². The number of rotatable bonds is 5. The van der Waals surface area contributed by atoms with Gasteiger partial charge in [-0.1, -0.05) is 12.1 Å². The summed E-state index contributed by atoms with van der Waals surface area (Å²) < 4.78 is 18.1. The second-order valence-corrected chi connectivity index (χ2v) is 5.04. The number of carbonyl (C=O) groups excluding carboxylic acids is 2. The van der Waals surface area contributed by atoms with E-state index in [1.54, 1.807) is 36.7 Å². The minimum atomic E-state index is -0.809. The molecule has 0 aliphatic heterocycles. The van der Waals surface area contributed by atoms with Crippen LogP contribution in [0.1, 0.15) is 27.7 Å². The number of nitrogens with zero attached hydrogens (tertiary/aromatic N) is 1. The zero-order valence-electron chi connectivity index (χ0n) is 12.5. The van der Waals surface area contributed by atoms with Crippen LogP contribution in [0.5, 0.6) is 0 Å². The van der Waals surface area contributed by atoms with Gasteiger partial charge < -0.3 is 9.73 Å². The number of Topliss-reactive ketones (excluding diaryl/α,β-unsaturated/α-hetero) is 1. The summed E-state index contributed by atoms with van der Waals surface area (Å²) in [4.78, 5) is 28.3. The Hall–Kier alpha value is -3.28. The highest BCUT2D eigenvalue weighted by Crippen LogP contribution is 2.22. The number of pyridine rings is 1. The van der Waals surface area contributed by atoms with Crippen LogP contribution in [-0.4, -0.2) is 16.7 Å². The van der Waals surface area contributed by atoms with Crippen molar-refractivity contribution >= 4 is 11.7 Å². The van der Waals surface area contributed by atoms with Gasteiger partial charge in [-0.15, -0.1) is 0 Å². The maximum atomic E-state index is 13.2. The summed E-state index contributed by atoms with van der Waals surface area (Å²) in [5.74, 6) is -2.01. The van der Waals surface area contributed by atoms with Gasteiger partial charge in [0.25, 0.3) is 11.7 Å². The van der Waals surface area contributed by atoms with Crippen molar-refractivity contribution in [2.45, 2.75) is 6.04 Å². The quantitative estimate of drug-likeness (QED) is 0.578. The molecule has 0 saturated heterocycles. The minimum Gasteiger partial charge on any atom is -0.461 e. The molecule has 3 rings (SSSR count). The van der Waals surface area contributed by atoms with E-state index in [-0.39, 0.29) is 11.6 Å². The van der Waals surface area contributed by atoms with Crippen LogP contribution in [0, 0.1) is 5.82 Å². The third-order valence-electron chi connectivity index (χ3n) is 3.47. The maximum absolute atomic E-state index is 13.2. The van der Waals surface area contributed by atoms with E-state index in [4.69, 9.17) is 4.42 Å². The second kappa shape index (κ2) is 6.87. The number of aromatic nitrogens is 1. The molecule has 2 aromatic heterocycles. The number of amides is 1. The lowest BCUT2D eigenvalue weighted by molar-refractivity contribution is -0.117. The average Bonchev–Trinajstić information content (AvgIpc) is 3.15. The molecule has 120 valence electrons. The van der Waals surface area contributed by atoms with Gasteiger partial charge in [0.1, 0.15) is 5.82 Å². The van der Waals surface area contributed by atoms with Gasteiger partial charge in [0.2, 0.25) is 0 Å². The molecule has 2 heterocycles. The summed E-state index contributed by atoms with van der Waals surface area (Å²) in [6.45, 7) is 0. The second-order valence-electron chi connectivity index (χ2n) is 5.04. The first-order valence-electron chi connectivity index (χ1n) is 7.19. The number of furan rings is 1. The molecule has 0 unspecified atom stereocenters. The van der Waals surface area contributed by atoms with Gasteiger partial charge >= 0.3 is 0 Å². The van der Waals surface area contributed by atoms with Crippen LogP contribution >= 0.6 is 0 Å². The molecule has 1 atom stereocenters. The first-order chi connectivity index (χ1) is 11.6. The zero-order chi connectivity index (χ0) is 16.9. The van der Waals surface area contributed by atoms with E-state index in [0.717, 1.165) is 5.56 Å². The molecule has 24 heavy (non-hydrogen) atoms. The lowest BCUT2D eigenvalue weighted by Gasteiger charge is -2.19. The van der Waals surface area contributed by atoms with E-state index in [2.05, 4.69) is 10.3 Å². The number of halogens is 1. The fourth-order valence-corrected chi connectivity index (χ4v) is 2.29. The minimum absolute atomic E-state index is 0.0416. The summed E-state index contributed by atoms with van der Waals surface area (Å²) in [5, 5.41) is 2.66. The monoisotopic (exact) mass is 324 g/mol. The number of hydrogen-bond acceptors (Lipinski definition) is 4. The lowest BCUT2D eigenvalue weighted by atomic mass is 9.99. The highest BCUT2D eigenvalue weighted by Gasteiger charge is 2.24. The molecule has 1 aromatic carbocycles. The third kappa shape index (κ3) is 3.38. The van der Waals surface area contributed by atoms with Crippen LogP contribution in [0.2, 0.25) is 0 Å². The Balaban J connectivity index is 1.89. The van der Waals surface area contributed by atoms with Crippen LogP contribution in [0.25, 0.3) is 0 Å². The maximum Gasteiger partial charge on any atom is 0.296 e. The zero-order valence-corrected chi connectivity index (χ0v) is 12.5. The SMILES string of the molecule is O=C(N[C@@H](c1ccncc1)c1ccc(F)cc1)C(=O)c1ccco1. The Labute approximate surface area is 137 Å². The number of benzene rings is 1. The molecule has 5 nitrogen and oxygen atoms in total. The molecular weight excluding hydrogens is 311 g/mol. The summed E-state index contributed by atoms with van der Waals surface area (Å²) in [6, 6.07) is 11.5. The molecule has 3 aromatic rings.